The Kier molecular flexibility index (Phi) is 7.09. The first-order chi connectivity index (χ1) is 15.6. The van der Waals surface area contributed by atoms with Gasteiger partial charge in [0, 0.05) is 31.2 Å². The summed E-state index contributed by atoms with van der Waals surface area (Å²) in [7, 11) is 0. The largest absolute Gasteiger partial charge is 0.493 e. The Labute approximate surface area is 185 Å². The fourth-order valence-electron chi connectivity index (χ4n) is 3.81. The van der Waals surface area contributed by atoms with Crippen LogP contribution < -0.4 is 4.74 Å². The van der Waals surface area contributed by atoms with Gasteiger partial charge in [0.15, 0.2) is 0 Å². The van der Waals surface area contributed by atoms with Crippen molar-refractivity contribution in [3.05, 3.63) is 67.3 Å². The van der Waals surface area contributed by atoms with Crippen molar-refractivity contribution in [3.8, 4) is 28.0 Å². The van der Waals surface area contributed by atoms with Crippen LogP contribution >= 0.6 is 0 Å². The number of aliphatic hydroxyl groups is 4. The van der Waals surface area contributed by atoms with E-state index in [-0.39, 0.29) is 13.0 Å². The van der Waals surface area contributed by atoms with Crippen molar-refractivity contribution in [1.29, 1.82) is 0 Å². The molecule has 168 valence electrons. The van der Waals surface area contributed by atoms with E-state index >= 15 is 0 Å². The van der Waals surface area contributed by atoms with E-state index in [9.17, 15) is 20.4 Å². The minimum Gasteiger partial charge on any atom is -0.493 e. The average Bonchev–Trinajstić information content (AvgIpc) is 2.85. The molecule has 5 atom stereocenters. The molecule has 3 aromatic rings. The summed E-state index contributed by atoms with van der Waals surface area (Å²) in [4.78, 5) is 8.15. The maximum atomic E-state index is 10.2. The predicted molar refractivity (Wildman–Crippen MR) is 117 cm³/mol. The van der Waals surface area contributed by atoms with Crippen LogP contribution in [0.2, 0.25) is 0 Å². The van der Waals surface area contributed by atoms with Crippen molar-refractivity contribution in [1.82, 2.24) is 9.97 Å². The van der Waals surface area contributed by atoms with Crippen LogP contribution in [0, 0.1) is 0 Å². The summed E-state index contributed by atoms with van der Waals surface area (Å²) < 4.78 is 11.5. The quantitative estimate of drug-likeness (QED) is 0.437. The number of benzene rings is 1. The van der Waals surface area contributed by atoms with E-state index in [2.05, 4.69) is 16.0 Å². The van der Waals surface area contributed by atoms with Crippen molar-refractivity contribution >= 4 is 0 Å². The van der Waals surface area contributed by atoms with Crippen LogP contribution in [0.1, 0.15) is 6.42 Å². The van der Waals surface area contributed by atoms with Crippen LogP contribution in [0.4, 0.5) is 0 Å². The number of aliphatic hydroxyl groups excluding tert-OH is 4. The van der Waals surface area contributed by atoms with Gasteiger partial charge in [-0.25, -0.2) is 0 Å². The van der Waals surface area contributed by atoms with Gasteiger partial charge in [-0.2, -0.15) is 0 Å². The highest BCUT2D eigenvalue weighted by Crippen LogP contribution is 2.31. The molecule has 4 rings (SSSR count). The van der Waals surface area contributed by atoms with Gasteiger partial charge in [0.05, 0.1) is 19.3 Å². The first-order valence-electron chi connectivity index (χ1n) is 10.5. The van der Waals surface area contributed by atoms with Gasteiger partial charge < -0.3 is 29.9 Å². The molecule has 3 heterocycles. The Balaban J connectivity index is 1.52. The van der Waals surface area contributed by atoms with E-state index in [1.54, 1.807) is 24.8 Å². The fraction of sp³-hybridized carbons (Fsp3) is 0.333. The van der Waals surface area contributed by atoms with E-state index in [0.717, 1.165) is 22.3 Å². The second-order valence-corrected chi connectivity index (χ2v) is 7.72. The van der Waals surface area contributed by atoms with Gasteiger partial charge in [-0.15, -0.1) is 0 Å². The monoisotopic (exact) mass is 438 g/mol. The van der Waals surface area contributed by atoms with Crippen LogP contribution in [-0.2, 0) is 4.74 Å². The number of nitrogens with zero attached hydrogens (tertiary/aromatic N) is 2. The molecule has 0 radical (unpaired) electrons. The summed E-state index contributed by atoms with van der Waals surface area (Å²) in [6.45, 7) is -0.246. The van der Waals surface area contributed by atoms with Gasteiger partial charge in [-0.1, -0.05) is 0 Å². The molecule has 0 saturated carbocycles. The number of ether oxygens (including phenoxy) is 2. The number of aromatic nitrogens is 2. The molecule has 0 amide bonds. The SMILES string of the molecule is OC[C@H]1O[C@@H](CCOc2cc(-c3ccncc3)cc(-c3ccncc3)c2)[C@H](O)[C@@H](O)[C@H]1O. The van der Waals surface area contributed by atoms with Gasteiger partial charge in [0.1, 0.15) is 30.2 Å². The number of hydrogen-bond donors (Lipinski definition) is 4. The maximum Gasteiger partial charge on any atom is 0.120 e. The van der Waals surface area contributed by atoms with Crippen LogP contribution in [0.5, 0.6) is 5.75 Å². The van der Waals surface area contributed by atoms with Gasteiger partial charge in [-0.05, 0) is 64.7 Å². The second kappa shape index (κ2) is 10.2. The minimum atomic E-state index is -1.39. The van der Waals surface area contributed by atoms with E-state index < -0.39 is 37.1 Å². The summed E-state index contributed by atoms with van der Waals surface area (Å²) in [6.07, 6.45) is 1.47. The highest BCUT2D eigenvalue weighted by molar-refractivity contribution is 5.74. The summed E-state index contributed by atoms with van der Waals surface area (Å²) in [5, 5.41) is 39.5. The Bertz CT molecular complexity index is 944. The molecule has 0 spiro atoms. The smallest absolute Gasteiger partial charge is 0.120 e. The van der Waals surface area contributed by atoms with Crippen molar-refractivity contribution in [2.45, 2.75) is 36.9 Å². The van der Waals surface area contributed by atoms with E-state index in [1.807, 2.05) is 36.4 Å². The zero-order chi connectivity index (χ0) is 22.5. The van der Waals surface area contributed by atoms with Crippen molar-refractivity contribution < 1.29 is 29.9 Å². The maximum absolute atomic E-state index is 10.2. The molecule has 1 aliphatic rings. The lowest BCUT2D eigenvalue weighted by Crippen LogP contribution is -2.58. The molecule has 0 unspecified atom stereocenters. The lowest BCUT2D eigenvalue weighted by atomic mass is 9.94. The summed E-state index contributed by atoms with van der Waals surface area (Å²) >= 11 is 0. The fourth-order valence-corrected chi connectivity index (χ4v) is 3.81. The summed E-state index contributed by atoms with van der Waals surface area (Å²) in [5.74, 6) is 0.635. The summed E-state index contributed by atoms with van der Waals surface area (Å²) in [5.41, 5.74) is 3.92. The highest BCUT2D eigenvalue weighted by Gasteiger charge is 2.43. The van der Waals surface area contributed by atoms with Gasteiger partial charge in [0.25, 0.3) is 0 Å². The van der Waals surface area contributed by atoms with Crippen molar-refractivity contribution in [3.63, 3.8) is 0 Å². The lowest BCUT2D eigenvalue weighted by molar-refractivity contribution is -0.231. The minimum absolute atomic E-state index is 0.207. The van der Waals surface area contributed by atoms with Gasteiger partial charge >= 0.3 is 0 Å². The molecule has 4 N–H and O–H groups in total. The third-order valence-corrected chi connectivity index (χ3v) is 5.60. The van der Waals surface area contributed by atoms with Crippen LogP contribution in [0.25, 0.3) is 22.3 Å². The standard InChI is InChI=1S/C24H26N2O6/c27-14-21-23(29)24(30)22(28)20(32-21)5-10-31-19-12-17(15-1-6-25-7-2-15)11-18(13-19)16-3-8-26-9-4-16/h1-4,6-9,11-13,20-24,27-30H,5,10,14H2/t20-,21+,22-,23-,24+/m0/s1. The molecule has 1 aliphatic heterocycles. The zero-order valence-corrected chi connectivity index (χ0v) is 17.4. The van der Waals surface area contributed by atoms with E-state index in [1.165, 1.54) is 0 Å². The van der Waals surface area contributed by atoms with Crippen LogP contribution in [0.15, 0.2) is 67.3 Å². The molecule has 1 fully saturated rings. The van der Waals surface area contributed by atoms with E-state index in [0.29, 0.717) is 5.75 Å². The topological polar surface area (TPSA) is 125 Å². The van der Waals surface area contributed by atoms with Crippen LogP contribution in [0.3, 0.4) is 0 Å². The molecule has 1 saturated heterocycles. The van der Waals surface area contributed by atoms with Crippen LogP contribution in [-0.4, -0.2) is 74.1 Å². The Morgan fingerprint density at radius 1 is 0.719 bits per heavy atom. The number of hydrogen-bond acceptors (Lipinski definition) is 8. The zero-order valence-electron chi connectivity index (χ0n) is 17.4. The molecular weight excluding hydrogens is 412 g/mol. The van der Waals surface area contributed by atoms with Gasteiger partial charge in [-0.3, -0.25) is 9.97 Å². The van der Waals surface area contributed by atoms with E-state index in [4.69, 9.17) is 9.47 Å². The number of pyridine rings is 2. The Hall–Kier alpha value is -2.88. The Morgan fingerprint density at radius 2 is 1.25 bits per heavy atom. The molecule has 2 aromatic heterocycles. The van der Waals surface area contributed by atoms with Crippen molar-refractivity contribution in [2.75, 3.05) is 13.2 Å². The molecular formula is C24H26N2O6. The highest BCUT2D eigenvalue weighted by atomic mass is 16.5. The number of rotatable bonds is 7. The molecule has 32 heavy (non-hydrogen) atoms. The normalized spacial score (nSPS) is 25.4. The Morgan fingerprint density at radius 3 is 1.78 bits per heavy atom. The third kappa shape index (κ3) is 4.95. The third-order valence-electron chi connectivity index (χ3n) is 5.60. The molecule has 1 aromatic carbocycles. The molecule has 0 aliphatic carbocycles. The second-order valence-electron chi connectivity index (χ2n) is 7.72. The molecule has 8 heteroatoms. The van der Waals surface area contributed by atoms with Gasteiger partial charge in [0.2, 0.25) is 0 Å². The predicted octanol–water partition coefficient (Wildman–Crippen LogP) is 1.42. The molecule has 8 nitrogen and oxygen atoms in total. The summed E-state index contributed by atoms with van der Waals surface area (Å²) in [6, 6.07) is 13.6. The average molecular weight is 438 g/mol. The first-order valence-corrected chi connectivity index (χ1v) is 10.5. The lowest BCUT2D eigenvalue weighted by Gasteiger charge is -2.40. The van der Waals surface area contributed by atoms with Crippen molar-refractivity contribution in [2.24, 2.45) is 0 Å². The first kappa shape index (κ1) is 22.3. The molecule has 0 bridgehead atoms.